The van der Waals surface area contributed by atoms with Gasteiger partial charge in [-0.1, -0.05) is 30.3 Å². The van der Waals surface area contributed by atoms with E-state index in [1.165, 1.54) is 12.7 Å². The monoisotopic (exact) mass is 386 g/mol. The largest absolute Gasteiger partial charge is 0.465 e. The minimum atomic E-state index is -0.692. The van der Waals surface area contributed by atoms with Crippen LogP contribution in [-0.4, -0.2) is 42.6 Å². The van der Waals surface area contributed by atoms with Crippen LogP contribution in [0.25, 0.3) is 0 Å². The summed E-state index contributed by atoms with van der Waals surface area (Å²) in [5.41, 5.74) is 2.59. The number of rotatable bonds is 8. The van der Waals surface area contributed by atoms with Crippen LogP contribution in [0.4, 0.5) is 0 Å². The Hall–Kier alpha value is -3.09. The third kappa shape index (κ3) is 5.45. The number of hydrogen-bond donors (Lipinski definition) is 2. The zero-order valence-electron chi connectivity index (χ0n) is 16.6. The number of carbonyl (C=O) groups excluding carboxylic acids is 3. The standard InChI is InChI=1S/C21H26N2O5/c1-13(10-11-16-8-6-5-7-9-16)22-17(24)12-28-21(26)19-14(2)18(15(3)23-19)20(25)27-4/h5-9,13,23H,10-12H2,1-4H3,(H,22,24)/t13-/m0/s1. The first-order valence-electron chi connectivity index (χ1n) is 9.11. The van der Waals surface area contributed by atoms with Crippen LogP contribution in [0.3, 0.4) is 0 Å². The number of aryl methyl sites for hydroxylation is 2. The summed E-state index contributed by atoms with van der Waals surface area (Å²) in [5, 5.41) is 2.82. The number of carbonyl (C=O) groups is 3. The van der Waals surface area contributed by atoms with Crippen molar-refractivity contribution < 1.29 is 23.9 Å². The maximum atomic E-state index is 12.3. The summed E-state index contributed by atoms with van der Waals surface area (Å²) in [6.07, 6.45) is 1.63. The highest BCUT2D eigenvalue weighted by Gasteiger charge is 2.23. The lowest BCUT2D eigenvalue weighted by Crippen LogP contribution is -2.36. The molecular formula is C21H26N2O5. The zero-order valence-corrected chi connectivity index (χ0v) is 16.6. The lowest BCUT2D eigenvalue weighted by Gasteiger charge is -2.14. The number of nitrogens with one attached hydrogen (secondary N) is 2. The predicted molar refractivity (Wildman–Crippen MR) is 104 cm³/mol. The summed E-state index contributed by atoms with van der Waals surface area (Å²) in [6.45, 7) is 4.80. The molecule has 1 heterocycles. The number of methoxy groups -OCH3 is 1. The molecule has 2 rings (SSSR count). The van der Waals surface area contributed by atoms with Crippen molar-refractivity contribution in [2.45, 2.75) is 39.7 Å². The van der Waals surface area contributed by atoms with E-state index in [0.717, 1.165) is 12.8 Å². The van der Waals surface area contributed by atoms with Gasteiger partial charge in [-0.05, 0) is 44.7 Å². The lowest BCUT2D eigenvalue weighted by molar-refractivity contribution is -0.124. The Morgan fingerprint density at radius 3 is 2.43 bits per heavy atom. The number of hydrogen-bond acceptors (Lipinski definition) is 5. The topological polar surface area (TPSA) is 97.5 Å². The molecule has 0 aliphatic carbocycles. The van der Waals surface area contributed by atoms with Gasteiger partial charge in [0.25, 0.3) is 5.91 Å². The molecule has 1 amide bonds. The number of aromatic amines is 1. The van der Waals surface area contributed by atoms with Crippen LogP contribution in [0, 0.1) is 13.8 Å². The van der Waals surface area contributed by atoms with Gasteiger partial charge in [-0.3, -0.25) is 4.79 Å². The molecule has 0 unspecified atom stereocenters. The molecule has 0 fully saturated rings. The molecule has 2 N–H and O–H groups in total. The van der Waals surface area contributed by atoms with Crippen LogP contribution in [0.1, 0.15) is 51.0 Å². The van der Waals surface area contributed by atoms with Crippen LogP contribution < -0.4 is 5.32 Å². The highest BCUT2D eigenvalue weighted by molar-refractivity contribution is 5.99. The van der Waals surface area contributed by atoms with Crippen LogP contribution in [0.2, 0.25) is 0 Å². The van der Waals surface area contributed by atoms with E-state index in [1.807, 2.05) is 37.3 Å². The van der Waals surface area contributed by atoms with Gasteiger partial charge in [-0.2, -0.15) is 0 Å². The van der Waals surface area contributed by atoms with Gasteiger partial charge in [-0.15, -0.1) is 0 Å². The summed E-state index contributed by atoms with van der Waals surface area (Å²) in [6, 6.07) is 9.96. The van der Waals surface area contributed by atoms with Crippen molar-refractivity contribution in [1.29, 1.82) is 0 Å². The van der Waals surface area contributed by atoms with Crippen molar-refractivity contribution in [2.75, 3.05) is 13.7 Å². The molecule has 1 aromatic carbocycles. The van der Waals surface area contributed by atoms with Gasteiger partial charge in [-0.25, -0.2) is 9.59 Å². The SMILES string of the molecule is COC(=O)c1c(C)[nH]c(C(=O)OCC(=O)N[C@@H](C)CCc2ccccc2)c1C. The van der Waals surface area contributed by atoms with Gasteiger partial charge in [0.15, 0.2) is 6.61 Å². The van der Waals surface area contributed by atoms with E-state index in [0.29, 0.717) is 16.8 Å². The van der Waals surface area contributed by atoms with Crippen LogP contribution in [0.5, 0.6) is 0 Å². The first-order valence-corrected chi connectivity index (χ1v) is 9.11. The van der Waals surface area contributed by atoms with E-state index in [-0.39, 0.29) is 24.2 Å². The Bertz CT molecular complexity index is 842. The molecule has 28 heavy (non-hydrogen) atoms. The summed E-state index contributed by atoms with van der Waals surface area (Å²) in [4.78, 5) is 38.9. The molecule has 0 radical (unpaired) electrons. The Morgan fingerprint density at radius 2 is 1.79 bits per heavy atom. The summed E-state index contributed by atoms with van der Waals surface area (Å²) in [5.74, 6) is -1.60. The van der Waals surface area contributed by atoms with Crippen LogP contribution >= 0.6 is 0 Å². The van der Waals surface area contributed by atoms with E-state index in [9.17, 15) is 14.4 Å². The lowest BCUT2D eigenvalue weighted by atomic mass is 10.1. The second-order valence-electron chi connectivity index (χ2n) is 6.69. The van der Waals surface area contributed by atoms with Crippen molar-refractivity contribution in [2.24, 2.45) is 0 Å². The van der Waals surface area contributed by atoms with Gasteiger partial charge in [0.2, 0.25) is 0 Å². The number of amides is 1. The number of aromatic nitrogens is 1. The van der Waals surface area contributed by atoms with Crippen molar-refractivity contribution in [3.05, 3.63) is 58.4 Å². The van der Waals surface area contributed by atoms with Crippen molar-refractivity contribution in [3.8, 4) is 0 Å². The van der Waals surface area contributed by atoms with Crippen molar-refractivity contribution in [3.63, 3.8) is 0 Å². The Balaban J connectivity index is 1.84. The third-order valence-electron chi connectivity index (χ3n) is 4.48. The quantitative estimate of drug-likeness (QED) is 0.680. The Kier molecular flexibility index (Phi) is 7.37. The number of H-pyrrole nitrogens is 1. The second-order valence-corrected chi connectivity index (χ2v) is 6.69. The van der Waals surface area contributed by atoms with Gasteiger partial charge in [0.1, 0.15) is 5.69 Å². The predicted octanol–water partition coefficient (Wildman–Crippen LogP) is 2.71. The molecule has 0 aliphatic rings. The van der Waals surface area contributed by atoms with Crippen LogP contribution in [0.15, 0.2) is 30.3 Å². The van der Waals surface area contributed by atoms with E-state index >= 15 is 0 Å². The van der Waals surface area contributed by atoms with Crippen molar-refractivity contribution >= 4 is 17.8 Å². The van der Waals surface area contributed by atoms with Gasteiger partial charge in [0, 0.05) is 11.7 Å². The van der Waals surface area contributed by atoms with E-state index in [1.54, 1.807) is 13.8 Å². The molecule has 1 atom stereocenters. The fourth-order valence-electron chi connectivity index (χ4n) is 2.98. The highest BCUT2D eigenvalue weighted by atomic mass is 16.5. The molecule has 7 heteroatoms. The normalized spacial score (nSPS) is 11.6. The molecule has 0 saturated carbocycles. The molecule has 0 bridgehead atoms. The number of esters is 2. The highest BCUT2D eigenvalue weighted by Crippen LogP contribution is 2.19. The summed E-state index contributed by atoms with van der Waals surface area (Å²) >= 11 is 0. The average molecular weight is 386 g/mol. The minimum Gasteiger partial charge on any atom is -0.465 e. The molecule has 0 spiro atoms. The molecule has 7 nitrogen and oxygen atoms in total. The number of benzene rings is 1. The third-order valence-corrected chi connectivity index (χ3v) is 4.48. The molecule has 0 aliphatic heterocycles. The molecule has 1 aromatic heterocycles. The number of ether oxygens (including phenoxy) is 2. The maximum Gasteiger partial charge on any atom is 0.355 e. The summed E-state index contributed by atoms with van der Waals surface area (Å²) < 4.78 is 9.79. The Morgan fingerprint density at radius 1 is 1.11 bits per heavy atom. The van der Waals surface area contributed by atoms with E-state index < -0.39 is 11.9 Å². The first-order chi connectivity index (χ1) is 13.3. The molecule has 150 valence electrons. The Labute approximate surface area is 164 Å². The van der Waals surface area contributed by atoms with Gasteiger partial charge < -0.3 is 19.8 Å². The van der Waals surface area contributed by atoms with Gasteiger partial charge >= 0.3 is 11.9 Å². The van der Waals surface area contributed by atoms with Crippen molar-refractivity contribution in [1.82, 2.24) is 10.3 Å². The van der Waals surface area contributed by atoms with Gasteiger partial charge in [0.05, 0.1) is 12.7 Å². The minimum absolute atomic E-state index is 0.0493. The fraction of sp³-hybridized carbons (Fsp3) is 0.381. The fourth-order valence-corrected chi connectivity index (χ4v) is 2.98. The molecule has 0 saturated heterocycles. The molecule has 2 aromatic rings. The molecular weight excluding hydrogens is 360 g/mol. The summed E-state index contributed by atoms with van der Waals surface area (Å²) in [7, 11) is 1.27. The average Bonchev–Trinajstić information content (AvgIpc) is 2.99. The van der Waals surface area contributed by atoms with Crippen LogP contribution in [-0.2, 0) is 20.7 Å². The van der Waals surface area contributed by atoms with E-state index in [2.05, 4.69) is 10.3 Å². The first kappa shape index (κ1) is 21.2. The zero-order chi connectivity index (χ0) is 20.7. The smallest absolute Gasteiger partial charge is 0.355 e. The maximum absolute atomic E-state index is 12.3. The van der Waals surface area contributed by atoms with E-state index in [4.69, 9.17) is 9.47 Å². The second kappa shape index (κ2) is 9.73.